The smallest absolute Gasteiger partial charge is 0.109 e. The van der Waals surface area contributed by atoms with Gasteiger partial charge in [-0.25, -0.2) is 4.98 Å². The van der Waals surface area contributed by atoms with Gasteiger partial charge >= 0.3 is 0 Å². The quantitative estimate of drug-likeness (QED) is 0.821. The van der Waals surface area contributed by atoms with Crippen LogP contribution in [0, 0.1) is 6.92 Å². The van der Waals surface area contributed by atoms with Crippen LogP contribution in [0.1, 0.15) is 37.6 Å². The highest BCUT2D eigenvalue weighted by atomic mass is 16.5. The maximum Gasteiger partial charge on any atom is 0.109 e. The molecular formula is C16H22N2O. The molecule has 1 atom stereocenters. The minimum absolute atomic E-state index is 0.387. The molecule has 1 fully saturated rings. The van der Waals surface area contributed by atoms with Gasteiger partial charge < -0.3 is 9.30 Å². The Morgan fingerprint density at radius 2 is 2.26 bits per heavy atom. The summed E-state index contributed by atoms with van der Waals surface area (Å²) in [6, 6.07) is 6.53. The van der Waals surface area contributed by atoms with Crippen molar-refractivity contribution in [2.45, 2.75) is 52.2 Å². The lowest BCUT2D eigenvalue weighted by atomic mass is 10.1. The molecule has 1 unspecified atom stereocenters. The van der Waals surface area contributed by atoms with Crippen LogP contribution >= 0.6 is 0 Å². The van der Waals surface area contributed by atoms with Gasteiger partial charge in [-0.05, 0) is 37.5 Å². The van der Waals surface area contributed by atoms with Crippen molar-refractivity contribution in [2.24, 2.45) is 0 Å². The molecule has 1 aromatic carbocycles. The van der Waals surface area contributed by atoms with Gasteiger partial charge in [-0.1, -0.05) is 19.4 Å². The third-order valence-corrected chi connectivity index (χ3v) is 3.92. The number of hydrogen-bond acceptors (Lipinski definition) is 2. The predicted octanol–water partition coefficient (Wildman–Crippen LogP) is 3.48. The van der Waals surface area contributed by atoms with Crippen molar-refractivity contribution in [1.82, 2.24) is 9.55 Å². The molecule has 3 heteroatoms. The van der Waals surface area contributed by atoms with Crippen molar-refractivity contribution in [3.05, 3.63) is 29.6 Å². The fraction of sp³-hybridized carbons (Fsp3) is 0.562. The molecule has 0 N–H and O–H groups in total. The van der Waals surface area contributed by atoms with Crippen LogP contribution in [-0.4, -0.2) is 22.3 Å². The number of hydrogen-bond donors (Lipinski definition) is 0. The summed E-state index contributed by atoms with van der Waals surface area (Å²) in [5.74, 6) is 1.22. The van der Waals surface area contributed by atoms with E-state index in [4.69, 9.17) is 9.72 Å². The summed E-state index contributed by atoms with van der Waals surface area (Å²) in [5, 5.41) is 0. The normalized spacial score (nSPS) is 18.7. The van der Waals surface area contributed by atoms with Crippen molar-refractivity contribution in [3.8, 4) is 0 Å². The van der Waals surface area contributed by atoms with E-state index in [0.717, 1.165) is 25.1 Å². The minimum Gasteiger partial charge on any atom is -0.376 e. The third kappa shape index (κ3) is 2.52. The van der Waals surface area contributed by atoms with Crippen LogP contribution in [0.3, 0.4) is 0 Å². The monoisotopic (exact) mass is 258 g/mol. The molecule has 0 aliphatic carbocycles. The number of nitrogens with zero attached hydrogens (tertiary/aromatic N) is 2. The van der Waals surface area contributed by atoms with Gasteiger partial charge in [0.05, 0.1) is 23.7 Å². The number of imidazole rings is 1. The molecule has 0 radical (unpaired) electrons. The van der Waals surface area contributed by atoms with E-state index in [1.807, 2.05) is 0 Å². The summed E-state index contributed by atoms with van der Waals surface area (Å²) in [6.45, 7) is 6.24. The molecule has 19 heavy (non-hydrogen) atoms. The van der Waals surface area contributed by atoms with E-state index in [2.05, 4.69) is 36.6 Å². The van der Waals surface area contributed by atoms with Gasteiger partial charge in [0.1, 0.15) is 5.82 Å². The second-order valence-corrected chi connectivity index (χ2v) is 5.52. The number of fused-ring (bicyclic) bond motifs is 1. The molecular weight excluding hydrogens is 236 g/mol. The Kier molecular flexibility index (Phi) is 3.56. The number of aryl methyl sites for hydroxylation is 2. The van der Waals surface area contributed by atoms with Gasteiger partial charge in [0, 0.05) is 13.0 Å². The Bertz CT molecular complexity index is 569. The topological polar surface area (TPSA) is 27.1 Å². The van der Waals surface area contributed by atoms with Crippen LogP contribution in [0.2, 0.25) is 0 Å². The first-order valence-electron chi connectivity index (χ1n) is 7.35. The van der Waals surface area contributed by atoms with E-state index in [0.29, 0.717) is 6.10 Å². The number of rotatable bonds is 5. The van der Waals surface area contributed by atoms with Gasteiger partial charge in [-0.3, -0.25) is 0 Å². The van der Waals surface area contributed by atoms with Gasteiger partial charge in [0.25, 0.3) is 0 Å². The van der Waals surface area contributed by atoms with Gasteiger partial charge in [0.2, 0.25) is 0 Å². The SMILES string of the molecule is CCCCc1nc2ccc(C)cc2n1CC1CCO1. The third-order valence-electron chi connectivity index (χ3n) is 3.92. The summed E-state index contributed by atoms with van der Waals surface area (Å²) in [7, 11) is 0. The number of benzene rings is 1. The lowest BCUT2D eigenvalue weighted by Gasteiger charge is -2.27. The largest absolute Gasteiger partial charge is 0.376 e. The zero-order valence-electron chi connectivity index (χ0n) is 11.9. The van der Waals surface area contributed by atoms with E-state index in [1.165, 1.54) is 36.2 Å². The van der Waals surface area contributed by atoms with E-state index < -0.39 is 0 Å². The fourth-order valence-corrected chi connectivity index (χ4v) is 2.64. The Hall–Kier alpha value is -1.35. The molecule has 0 bridgehead atoms. The Balaban J connectivity index is 1.98. The zero-order chi connectivity index (χ0) is 13.2. The number of unbranched alkanes of at least 4 members (excludes halogenated alkanes) is 1. The second kappa shape index (κ2) is 5.33. The summed E-state index contributed by atoms with van der Waals surface area (Å²) in [6.07, 6.45) is 5.05. The van der Waals surface area contributed by atoms with Crippen LogP contribution in [0.15, 0.2) is 18.2 Å². The molecule has 1 saturated heterocycles. The Morgan fingerprint density at radius 3 is 2.95 bits per heavy atom. The highest BCUT2D eigenvalue weighted by Gasteiger charge is 2.21. The first-order chi connectivity index (χ1) is 9.28. The fourth-order valence-electron chi connectivity index (χ4n) is 2.64. The van der Waals surface area contributed by atoms with Crippen LogP contribution in [-0.2, 0) is 17.7 Å². The molecule has 1 aliphatic heterocycles. The summed E-state index contributed by atoms with van der Waals surface area (Å²) in [5.41, 5.74) is 3.68. The average Bonchev–Trinajstić information content (AvgIpc) is 2.68. The Morgan fingerprint density at radius 1 is 1.42 bits per heavy atom. The van der Waals surface area contributed by atoms with Crippen molar-refractivity contribution >= 4 is 11.0 Å². The average molecular weight is 258 g/mol. The summed E-state index contributed by atoms with van der Waals surface area (Å²) in [4.78, 5) is 4.81. The maximum atomic E-state index is 5.59. The molecule has 3 rings (SSSR count). The predicted molar refractivity (Wildman–Crippen MR) is 77.4 cm³/mol. The lowest BCUT2D eigenvalue weighted by molar-refractivity contribution is -0.0590. The summed E-state index contributed by atoms with van der Waals surface area (Å²) < 4.78 is 7.97. The molecule has 2 aromatic rings. The number of ether oxygens (including phenoxy) is 1. The van der Waals surface area contributed by atoms with E-state index in [9.17, 15) is 0 Å². The highest BCUT2D eigenvalue weighted by Crippen LogP contribution is 2.22. The first-order valence-corrected chi connectivity index (χ1v) is 7.35. The van der Waals surface area contributed by atoms with E-state index >= 15 is 0 Å². The molecule has 1 aliphatic rings. The Labute approximate surface area is 114 Å². The van der Waals surface area contributed by atoms with Crippen molar-refractivity contribution in [3.63, 3.8) is 0 Å². The van der Waals surface area contributed by atoms with Crippen molar-refractivity contribution < 1.29 is 4.74 Å². The molecule has 1 aromatic heterocycles. The lowest BCUT2D eigenvalue weighted by Crippen LogP contribution is -2.31. The van der Waals surface area contributed by atoms with Crippen LogP contribution in [0.25, 0.3) is 11.0 Å². The first kappa shape index (κ1) is 12.7. The van der Waals surface area contributed by atoms with Crippen molar-refractivity contribution in [1.29, 1.82) is 0 Å². The van der Waals surface area contributed by atoms with Crippen LogP contribution < -0.4 is 0 Å². The van der Waals surface area contributed by atoms with E-state index in [1.54, 1.807) is 0 Å². The van der Waals surface area contributed by atoms with Crippen LogP contribution in [0.5, 0.6) is 0 Å². The summed E-state index contributed by atoms with van der Waals surface area (Å²) >= 11 is 0. The molecule has 0 amide bonds. The van der Waals surface area contributed by atoms with Gasteiger partial charge in [0.15, 0.2) is 0 Å². The van der Waals surface area contributed by atoms with E-state index in [-0.39, 0.29) is 0 Å². The van der Waals surface area contributed by atoms with Gasteiger partial charge in [-0.15, -0.1) is 0 Å². The zero-order valence-corrected chi connectivity index (χ0v) is 11.9. The standard InChI is InChI=1S/C16H22N2O/c1-3-4-5-16-17-14-7-6-12(2)10-15(14)18(16)11-13-8-9-19-13/h6-7,10,13H,3-5,8-9,11H2,1-2H3. The minimum atomic E-state index is 0.387. The van der Waals surface area contributed by atoms with Crippen molar-refractivity contribution in [2.75, 3.05) is 6.61 Å². The second-order valence-electron chi connectivity index (χ2n) is 5.52. The molecule has 3 nitrogen and oxygen atoms in total. The maximum absolute atomic E-state index is 5.59. The van der Waals surface area contributed by atoms with Crippen LogP contribution in [0.4, 0.5) is 0 Å². The molecule has 2 heterocycles. The molecule has 0 spiro atoms. The highest BCUT2D eigenvalue weighted by molar-refractivity contribution is 5.76. The van der Waals surface area contributed by atoms with Gasteiger partial charge in [-0.2, -0.15) is 0 Å². The molecule has 0 saturated carbocycles. The molecule has 102 valence electrons. The number of aromatic nitrogens is 2.